The van der Waals surface area contributed by atoms with Crippen LogP contribution in [-0.2, 0) is 4.79 Å². The SMILES string of the molecule is COc1ccc(C(=O)N/C(=C\c2ccc([N+](=O)[O-])cc2)C(=O)Nc2ccccc2C(=O)O)cc1. The van der Waals surface area contributed by atoms with Gasteiger partial charge in [0.15, 0.2) is 0 Å². The number of rotatable bonds is 8. The van der Waals surface area contributed by atoms with Gasteiger partial charge in [0.1, 0.15) is 11.4 Å². The summed E-state index contributed by atoms with van der Waals surface area (Å²) in [5.74, 6) is -2.08. The Balaban J connectivity index is 1.93. The number of amides is 2. The average Bonchev–Trinajstić information content (AvgIpc) is 2.84. The number of nitrogens with zero attached hydrogens (tertiary/aromatic N) is 1. The molecule has 0 bridgehead atoms. The number of hydrogen-bond donors (Lipinski definition) is 3. The molecule has 10 heteroatoms. The molecule has 0 atom stereocenters. The third-order valence-corrected chi connectivity index (χ3v) is 4.67. The minimum atomic E-state index is -1.24. The van der Waals surface area contributed by atoms with Gasteiger partial charge in [0.25, 0.3) is 17.5 Å². The standard InChI is InChI=1S/C24H19N3O7/c1-34-18-12-8-16(9-13-18)22(28)26-21(14-15-6-10-17(11-7-15)27(32)33)23(29)25-20-5-3-2-4-19(20)24(30)31/h2-14H,1H3,(H,25,29)(H,26,28)(H,30,31)/b21-14-. The predicted molar refractivity (Wildman–Crippen MR) is 124 cm³/mol. The van der Waals surface area contributed by atoms with Gasteiger partial charge in [-0.25, -0.2) is 4.79 Å². The highest BCUT2D eigenvalue weighted by molar-refractivity contribution is 6.12. The van der Waals surface area contributed by atoms with Crippen LogP contribution < -0.4 is 15.4 Å². The molecule has 0 aliphatic rings. The van der Waals surface area contributed by atoms with Crippen molar-refractivity contribution in [1.82, 2.24) is 5.32 Å². The number of anilines is 1. The van der Waals surface area contributed by atoms with Crippen molar-refractivity contribution in [3.8, 4) is 5.75 Å². The summed E-state index contributed by atoms with van der Waals surface area (Å²) < 4.78 is 5.07. The second kappa shape index (κ2) is 10.6. The van der Waals surface area contributed by atoms with Crippen LogP contribution in [0.25, 0.3) is 6.08 Å². The van der Waals surface area contributed by atoms with Crippen molar-refractivity contribution in [2.24, 2.45) is 0 Å². The number of hydrogen-bond acceptors (Lipinski definition) is 6. The summed E-state index contributed by atoms with van der Waals surface area (Å²) >= 11 is 0. The minimum absolute atomic E-state index is 0.0355. The van der Waals surface area contributed by atoms with Gasteiger partial charge in [0.2, 0.25) is 0 Å². The lowest BCUT2D eigenvalue weighted by atomic mass is 10.1. The van der Waals surface area contributed by atoms with Crippen LogP contribution in [0.4, 0.5) is 11.4 Å². The average molecular weight is 461 g/mol. The van der Waals surface area contributed by atoms with E-state index < -0.39 is 22.7 Å². The van der Waals surface area contributed by atoms with Crippen molar-refractivity contribution in [3.05, 3.63) is 105 Å². The summed E-state index contributed by atoms with van der Waals surface area (Å²) in [6.45, 7) is 0. The molecule has 3 aromatic carbocycles. The first-order chi connectivity index (χ1) is 16.3. The van der Waals surface area contributed by atoms with Crippen molar-refractivity contribution >= 4 is 35.2 Å². The van der Waals surface area contributed by atoms with Crippen LogP contribution in [0.2, 0.25) is 0 Å². The van der Waals surface area contributed by atoms with Crippen molar-refractivity contribution in [1.29, 1.82) is 0 Å². The Labute approximate surface area is 193 Å². The molecule has 0 radical (unpaired) electrons. The maximum Gasteiger partial charge on any atom is 0.337 e. The summed E-state index contributed by atoms with van der Waals surface area (Å²) in [6, 6.07) is 17.3. The first-order valence-electron chi connectivity index (χ1n) is 9.83. The Morgan fingerprint density at radius 1 is 0.971 bits per heavy atom. The molecule has 0 aromatic heterocycles. The van der Waals surface area contributed by atoms with E-state index in [1.165, 1.54) is 67.8 Å². The zero-order chi connectivity index (χ0) is 24.7. The Morgan fingerprint density at radius 3 is 2.21 bits per heavy atom. The molecule has 0 heterocycles. The minimum Gasteiger partial charge on any atom is -0.497 e. The number of nitrogens with one attached hydrogen (secondary N) is 2. The third-order valence-electron chi connectivity index (χ3n) is 4.67. The summed E-state index contributed by atoms with van der Waals surface area (Å²) in [7, 11) is 1.49. The number of carboxylic acid groups (broad SMARTS) is 1. The van der Waals surface area contributed by atoms with Crippen LogP contribution in [-0.4, -0.2) is 34.9 Å². The molecule has 3 rings (SSSR count). The quantitative estimate of drug-likeness (QED) is 0.263. The highest BCUT2D eigenvalue weighted by atomic mass is 16.6. The second-order valence-electron chi connectivity index (χ2n) is 6.89. The summed E-state index contributed by atoms with van der Waals surface area (Å²) in [5, 5.41) is 25.3. The Hall–Kier alpha value is -4.99. The van der Waals surface area contributed by atoms with Gasteiger partial charge in [-0.3, -0.25) is 19.7 Å². The summed E-state index contributed by atoms with van der Waals surface area (Å²) in [6.07, 6.45) is 1.32. The van der Waals surface area contributed by atoms with Crippen molar-refractivity contribution in [2.45, 2.75) is 0 Å². The molecule has 3 N–H and O–H groups in total. The van der Waals surface area contributed by atoms with Crippen LogP contribution in [0, 0.1) is 10.1 Å². The number of ether oxygens (including phenoxy) is 1. The zero-order valence-corrected chi connectivity index (χ0v) is 17.8. The molecule has 0 spiro atoms. The van der Waals surface area contributed by atoms with Gasteiger partial charge in [-0.1, -0.05) is 12.1 Å². The van der Waals surface area contributed by atoms with Crippen LogP contribution in [0.1, 0.15) is 26.3 Å². The van der Waals surface area contributed by atoms with E-state index in [-0.39, 0.29) is 28.2 Å². The maximum absolute atomic E-state index is 13.0. The highest BCUT2D eigenvalue weighted by Gasteiger charge is 2.18. The van der Waals surface area contributed by atoms with Crippen LogP contribution in [0.3, 0.4) is 0 Å². The fourth-order valence-corrected chi connectivity index (χ4v) is 2.92. The van der Waals surface area contributed by atoms with E-state index in [1.807, 2.05) is 0 Å². The van der Waals surface area contributed by atoms with E-state index in [9.17, 15) is 29.6 Å². The molecule has 3 aromatic rings. The number of carbonyl (C=O) groups is 3. The first-order valence-corrected chi connectivity index (χ1v) is 9.83. The molecule has 10 nitrogen and oxygen atoms in total. The lowest BCUT2D eigenvalue weighted by molar-refractivity contribution is -0.384. The fraction of sp³-hybridized carbons (Fsp3) is 0.0417. The number of non-ortho nitro benzene ring substituents is 1. The number of carbonyl (C=O) groups excluding carboxylic acids is 2. The summed E-state index contributed by atoms with van der Waals surface area (Å²) in [5.41, 5.74) is 0.211. The number of nitro benzene ring substituents is 1. The van der Waals surface area contributed by atoms with Crippen molar-refractivity contribution in [3.63, 3.8) is 0 Å². The van der Waals surface area contributed by atoms with E-state index in [1.54, 1.807) is 18.2 Å². The molecular weight excluding hydrogens is 442 g/mol. The van der Waals surface area contributed by atoms with Crippen LogP contribution >= 0.6 is 0 Å². The number of nitro groups is 1. The zero-order valence-electron chi connectivity index (χ0n) is 17.8. The lowest BCUT2D eigenvalue weighted by Gasteiger charge is -2.13. The van der Waals surface area contributed by atoms with E-state index in [0.717, 1.165) is 0 Å². The largest absolute Gasteiger partial charge is 0.497 e. The van der Waals surface area contributed by atoms with E-state index >= 15 is 0 Å². The van der Waals surface area contributed by atoms with E-state index in [4.69, 9.17) is 4.74 Å². The Morgan fingerprint density at radius 2 is 1.62 bits per heavy atom. The monoisotopic (exact) mass is 461 g/mol. The van der Waals surface area contributed by atoms with Gasteiger partial charge in [-0.2, -0.15) is 0 Å². The highest BCUT2D eigenvalue weighted by Crippen LogP contribution is 2.18. The fourth-order valence-electron chi connectivity index (χ4n) is 2.92. The Kier molecular flexibility index (Phi) is 7.34. The number of carboxylic acids is 1. The lowest BCUT2D eigenvalue weighted by Crippen LogP contribution is -2.31. The molecule has 0 saturated carbocycles. The van der Waals surface area contributed by atoms with Gasteiger partial charge in [-0.05, 0) is 60.2 Å². The van der Waals surface area contributed by atoms with Crippen LogP contribution in [0.5, 0.6) is 5.75 Å². The Bertz CT molecular complexity index is 1270. The molecule has 0 unspecified atom stereocenters. The van der Waals surface area contributed by atoms with Crippen LogP contribution in [0.15, 0.2) is 78.5 Å². The predicted octanol–water partition coefficient (Wildman–Crippen LogP) is 3.71. The molecule has 0 aliphatic heterocycles. The third kappa shape index (κ3) is 5.82. The number of benzene rings is 3. The second-order valence-corrected chi connectivity index (χ2v) is 6.89. The smallest absolute Gasteiger partial charge is 0.337 e. The van der Waals surface area contributed by atoms with Crippen molar-refractivity contribution < 1.29 is 29.2 Å². The van der Waals surface area contributed by atoms with E-state index in [0.29, 0.717) is 11.3 Å². The molecular formula is C24H19N3O7. The number of methoxy groups -OCH3 is 1. The summed E-state index contributed by atoms with van der Waals surface area (Å²) in [4.78, 5) is 47.6. The molecule has 0 aliphatic carbocycles. The van der Waals surface area contributed by atoms with Gasteiger partial charge in [0, 0.05) is 17.7 Å². The molecule has 0 fully saturated rings. The van der Waals surface area contributed by atoms with Gasteiger partial charge < -0.3 is 20.5 Å². The molecule has 2 amide bonds. The molecule has 0 saturated heterocycles. The number of para-hydroxylation sites is 1. The van der Waals surface area contributed by atoms with E-state index in [2.05, 4.69) is 10.6 Å². The topological polar surface area (TPSA) is 148 Å². The number of aromatic carboxylic acids is 1. The normalized spacial score (nSPS) is 10.8. The maximum atomic E-state index is 13.0. The molecule has 172 valence electrons. The first kappa shape index (κ1) is 23.7. The van der Waals surface area contributed by atoms with Crippen molar-refractivity contribution in [2.75, 3.05) is 12.4 Å². The van der Waals surface area contributed by atoms with Gasteiger partial charge in [0.05, 0.1) is 23.3 Å². The van der Waals surface area contributed by atoms with Gasteiger partial charge in [-0.15, -0.1) is 0 Å². The van der Waals surface area contributed by atoms with Gasteiger partial charge >= 0.3 is 5.97 Å². The molecule has 34 heavy (non-hydrogen) atoms.